The van der Waals surface area contributed by atoms with Crippen molar-refractivity contribution in [3.8, 4) is 0 Å². The summed E-state index contributed by atoms with van der Waals surface area (Å²) in [6.45, 7) is 4.12. The van der Waals surface area contributed by atoms with Crippen LogP contribution in [0.4, 0.5) is 5.69 Å². The van der Waals surface area contributed by atoms with Gasteiger partial charge in [-0.2, -0.15) is 0 Å². The first-order chi connectivity index (χ1) is 13.9. The molecular formula is C19H32N6O3S. The van der Waals surface area contributed by atoms with Crippen molar-refractivity contribution in [1.82, 2.24) is 9.80 Å². The molecular weight excluding hydrogens is 392 g/mol. The lowest BCUT2D eigenvalue weighted by Gasteiger charge is -2.37. The molecule has 1 saturated heterocycles. The van der Waals surface area contributed by atoms with Crippen LogP contribution in [-0.2, 0) is 10.0 Å². The molecule has 1 aliphatic heterocycles. The number of aliphatic hydroxyl groups is 1. The monoisotopic (exact) mass is 424 g/mol. The number of anilines is 1. The average molecular weight is 425 g/mol. The smallest absolute Gasteiger partial charge is 0.238 e. The van der Waals surface area contributed by atoms with Gasteiger partial charge in [0, 0.05) is 44.5 Å². The van der Waals surface area contributed by atoms with Gasteiger partial charge in [-0.15, -0.1) is 0 Å². The molecule has 0 bridgehead atoms. The summed E-state index contributed by atoms with van der Waals surface area (Å²) in [4.78, 5) is 9.47. The fourth-order valence-corrected chi connectivity index (χ4v) is 4.35. The summed E-state index contributed by atoms with van der Waals surface area (Å²) < 4.78 is 23.0. The normalized spacial score (nSPS) is 24.5. The number of hydrogen-bond acceptors (Lipinski definition) is 6. The molecule has 0 unspecified atom stereocenters. The largest absolute Gasteiger partial charge is 0.395 e. The Bertz CT molecular complexity index is 791. The van der Waals surface area contributed by atoms with Crippen LogP contribution in [0.2, 0.25) is 0 Å². The number of primary sulfonamides is 1. The molecule has 1 aliphatic carbocycles. The number of nitrogens with zero attached hydrogens (tertiary/aromatic N) is 3. The fraction of sp³-hybridized carbons (Fsp3) is 0.632. The Morgan fingerprint density at radius 2 is 1.79 bits per heavy atom. The highest BCUT2D eigenvalue weighted by molar-refractivity contribution is 7.89. The predicted octanol–water partition coefficient (Wildman–Crippen LogP) is -0.0183. The first kappa shape index (κ1) is 22.0. The van der Waals surface area contributed by atoms with Gasteiger partial charge in [-0.25, -0.2) is 18.5 Å². The second kappa shape index (κ2) is 9.86. The average Bonchev–Trinajstić information content (AvgIpc) is 2.70. The lowest BCUT2D eigenvalue weighted by Crippen LogP contribution is -2.52. The van der Waals surface area contributed by atoms with Crippen LogP contribution in [0.5, 0.6) is 0 Å². The number of rotatable bonds is 5. The van der Waals surface area contributed by atoms with E-state index in [0.29, 0.717) is 6.54 Å². The molecule has 6 N–H and O–H groups in total. The summed E-state index contributed by atoms with van der Waals surface area (Å²) >= 11 is 0. The Morgan fingerprint density at radius 3 is 2.38 bits per heavy atom. The highest BCUT2D eigenvalue weighted by Crippen LogP contribution is 2.21. The van der Waals surface area contributed by atoms with Crippen LogP contribution < -0.4 is 16.2 Å². The molecule has 1 aromatic rings. The maximum Gasteiger partial charge on any atom is 0.238 e. The van der Waals surface area contributed by atoms with Crippen molar-refractivity contribution >= 4 is 21.7 Å². The Kier molecular flexibility index (Phi) is 7.47. The van der Waals surface area contributed by atoms with E-state index >= 15 is 0 Å². The number of benzene rings is 1. The maximum absolute atomic E-state index is 11.5. The van der Waals surface area contributed by atoms with Crippen molar-refractivity contribution in [2.75, 3.05) is 44.6 Å². The van der Waals surface area contributed by atoms with Crippen molar-refractivity contribution in [3.05, 3.63) is 24.3 Å². The van der Waals surface area contributed by atoms with Crippen LogP contribution in [0.25, 0.3) is 0 Å². The Balaban J connectivity index is 1.77. The third kappa shape index (κ3) is 6.13. The van der Waals surface area contributed by atoms with E-state index in [0.717, 1.165) is 63.5 Å². The number of piperazine rings is 1. The van der Waals surface area contributed by atoms with E-state index in [9.17, 15) is 8.42 Å². The molecule has 2 aliphatic rings. The molecule has 2 atom stereocenters. The van der Waals surface area contributed by atoms with Gasteiger partial charge < -0.3 is 21.1 Å². The zero-order chi connectivity index (χ0) is 20.9. The third-order valence-electron chi connectivity index (χ3n) is 5.60. The molecule has 1 aromatic carbocycles. The van der Waals surface area contributed by atoms with E-state index in [1.54, 1.807) is 12.1 Å². The van der Waals surface area contributed by atoms with Crippen LogP contribution in [0.1, 0.15) is 25.7 Å². The molecule has 3 rings (SSSR count). The van der Waals surface area contributed by atoms with E-state index in [1.807, 2.05) is 0 Å². The number of hydrogen-bond donors (Lipinski definition) is 4. The van der Waals surface area contributed by atoms with Crippen LogP contribution in [-0.4, -0.2) is 80.7 Å². The van der Waals surface area contributed by atoms with E-state index in [4.69, 9.17) is 21.0 Å². The van der Waals surface area contributed by atoms with E-state index in [-0.39, 0.29) is 23.6 Å². The van der Waals surface area contributed by atoms with Crippen LogP contribution in [0.15, 0.2) is 34.2 Å². The number of guanidine groups is 1. The number of nitrogens with two attached hydrogens (primary N) is 2. The minimum absolute atomic E-state index is 0.0565. The summed E-state index contributed by atoms with van der Waals surface area (Å²) in [7, 11) is -3.72. The quantitative estimate of drug-likeness (QED) is 0.385. The Labute approximate surface area is 172 Å². The highest BCUT2D eigenvalue weighted by Gasteiger charge is 2.25. The van der Waals surface area contributed by atoms with Gasteiger partial charge in [0.25, 0.3) is 0 Å². The lowest BCUT2D eigenvalue weighted by molar-refractivity contribution is 0.146. The van der Waals surface area contributed by atoms with Crippen molar-refractivity contribution in [2.45, 2.75) is 42.7 Å². The zero-order valence-electron chi connectivity index (χ0n) is 16.7. The minimum Gasteiger partial charge on any atom is -0.395 e. The number of aliphatic hydroxyl groups excluding tert-OH is 1. The highest BCUT2D eigenvalue weighted by atomic mass is 32.2. The van der Waals surface area contributed by atoms with Crippen molar-refractivity contribution < 1.29 is 13.5 Å². The summed E-state index contributed by atoms with van der Waals surface area (Å²) in [6, 6.07) is 6.49. The molecule has 0 amide bonds. The van der Waals surface area contributed by atoms with Crippen LogP contribution in [0.3, 0.4) is 0 Å². The number of nitrogens with one attached hydrogen (secondary N) is 1. The fourth-order valence-electron chi connectivity index (χ4n) is 3.83. The molecule has 0 radical (unpaired) electrons. The lowest BCUT2D eigenvalue weighted by atomic mass is 9.91. The van der Waals surface area contributed by atoms with Gasteiger partial charge in [0.1, 0.15) is 0 Å². The van der Waals surface area contributed by atoms with Crippen molar-refractivity contribution in [1.29, 1.82) is 0 Å². The van der Waals surface area contributed by atoms with E-state index in [1.165, 1.54) is 12.1 Å². The summed E-state index contributed by atoms with van der Waals surface area (Å²) in [5.74, 6) is 0.763. The van der Waals surface area contributed by atoms with Gasteiger partial charge in [-0.05, 0) is 37.1 Å². The molecule has 1 heterocycles. The van der Waals surface area contributed by atoms with Gasteiger partial charge in [-0.3, -0.25) is 4.90 Å². The molecule has 10 heteroatoms. The SMILES string of the molecule is N[C@H]1CCCC[C@@H]1N=C(Nc1ccc(S(N)(=O)=O)cc1)N1CCN(CCO)CC1. The summed E-state index contributed by atoms with van der Waals surface area (Å²) in [5.41, 5.74) is 7.06. The number of β-amino-alcohol motifs (C(OH)–C–C–N with tert-alkyl or cyclic N) is 1. The van der Waals surface area contributed by atoms with Gasteiger partial charge in [0.05, 0.1) is 17.5 Å². The topological polar surface area (TPSA) is 137 Å². The standard InChI is InChI=1S/C19H32N6O3S/c20-17-3-1-2-4-18(17)23-19(25-11-9-24(10-12-25)13-14-26)22-15-5-7-16(8-6-15)29(21,27)28/h5-8,17-18,26H,1-4,9-14,20H2,(H,22,23)(H2,21,27,28)/t17-,18-/m0/s1. The van der Waals surface area contributed by atoms with Crippen LogP contribution >= 0.6 is 0 Å². The van der Waals surface area contributed by atoms with Crippen molar-refractivity contribution in [2.24, 2.45) is 15.9 Å². The molecule has 1 saturated carbocycles. The van der Waals surface area contributed by atoms with Gasteiger partial charge in [0.15, 0.2) is 5.96 Å². The van der Waals surface area contributed by atoms with E-state index < -0.39 is 10.0 Å². The van der Waals surface area contributed by atoms with Gasteiger partial charge >= 0.3 is 0 Å². The molecule has 9 nitrogen and oxygen atoms in total. The third-order valence-corrected chi connectivity index (χ3v) is 6.53. The first-order valence-corrected chi connectivity index (χ1v) is 11.7. The minimum atomic E-state index is -3.72. The Morgan fingerprint density at radius 1 is 1.14 bits per heavy atom. The second-order valence-corrected chi connectivity index (χ2v) is 9.28. The number of aliphatic imine (C=N–C) groups is 1. The molecule has 0 aromatic heterocycles. The van der Waals surface area contributed by atoms with Crippen molar-refractivity contribution in [3.63, 3.8) is 0 Å². The zero-order valence-corrected chi connectivity index (χ0v) is 17.5. The molecule has 0 spiro atoms. The predicted molar refractivity (Wildman–Crippen MR) is 114 cm³/mol. The second-order valence-electron chi connectivity index (χ2n) is 7.72. The van der Waals surface area contributed by atoms with Gasteiger partial charge in [0.2, 0.25) is 10.0 Å². The first-order valence-electron chi connectivity index (χ1n) is 10.2. The van der Waals surface area contributed by atoms with E-state index in [2.05, 4.69) is 15.1 Å². The number of sulfonamides is 1. The summed E-state index contributed by atoms with van der Waals surface area (Å²) in [5, 5.41) is 17.7. The molecule has 162 valence electrons. The molecule has 2 fully saturated rings. The molecule has 29 heavy (non-hydrogen) atoms. The van der Waals surface area contributed by atoms with Gasteiger partial charge in [-0.1, -0.05) is 12.8 Å². The summed E-state index contributed by atoms with van der Waals surface area (Å²) in [6.07, 6.45) is 4.23. The maximum atomic E-state index is 11.5. The van der Waals surface area contributed by atoms with Crippen LogP contribution in [0, 0.1) is 0 Å². The Hall–Kier alpha value is -1.72.